The number of aliphatic hydroxyl groups is 1. The van der Waals surface area contributed by atoms with Crippen molar-refractivity contribution < 1.29 is 23.1 Å². The Morgan fingerprint density at radius 2 is 1.56 bits per heavy atom. The van der Waals surface area contributed by atoms with Crippen molar-refractivity contribution in [2.24, 2.45) is 0 Å². The summed E-state index contributed by atoms with van der Waals surface area (Å²) in [6.45, 7) is 6.10. The second-order valence-corrected chi connectivity index (χ2v) is 9.36. The van der Waals surface area contributed by atoms with Crippen LogP contribution in [0.2, 0.25) is 0 Å². The first kappa shape index (κ1) is 23.6. The van der Waals surface area contributed by atoms with Gasteiger partial charge in [0.25, 0.3) is 5.91 Å². The molecule has 174 valence electrons. The van der Waals surface area contributed by atoms with E-state index in [0.29, 0.717) is 11.1 Å². The van der Waals surface area contributed by atoms with Gasteiger partial charge in [-0.25, -0.2) is 0 Å². The third kappa shape index (κ3) is 4.32. The number of carbonyl (C=O) groups excluding carboxylic acids is 1. The standard InChI is InChI=1S/C28H24F3NO2/c1-26(2,3)21-14-12-19(13-15-21)16-17-27(34)22-10-7-11-23(28(29,30)31)24(22)32(25(27)33)18-20-8-5-4-6-9-20/h4-15,34H,18H2,1-3H3/t27-/m0/s1. The molecule has 0 radical (unpaired) electrons. The van der Waals surface area contributed by atoms with Gasteiger partial charge in [0, 0.05) is 11.1 Å². The number of anilines is 1. The molecule has 4 rings (SSSR count). The third-order valence-corrected chi connectivity index (χ3v) is 5.88. The molecule has 3 aromatic rings. The summed E-state index contributed by atoms with van der Waals surface area (Å²) in [4.78, 5) is 14.4. The second-order valence-electron chi connectivity index (χ2n) is 9.36. The van der Waals surface area contributed by atoms with Crippen LogP contribution in [0.25, 0.3) is 0 Å². The zero-order valence-electron chi connectivity index (χ0n) is 19.1. The number of benzene rings is 3. The lowest BCUT2D eigenvalue weighted by molar-refractivity contribution is -0.137. The smallest absolute Gasteiger partial charge is 0.366 e. The van der Waals surface area contributed by atoms with Gasteiger partial charge in [-0.2, -0.15) is 13.2 Å². The van der Waals surface area contributed by atoms with E-state index in [9.17, 15) is 23.1 Å². The molecule has 0 aliphatic carbocycles. The van der Waals surface area contributed by atoms with Gasteiger partial charge in [0.15, 0.2) is 0 Å². The average molecular weight is 463 g/mol. The van der Waals surface area contributed by atoms with E-state index in [1.807, 2.05) is 12.1 Å². The van der Waals surface area contributed by atoms with Crippen LogP contribution < -0.4 is 4.90 Å². The van der Waals surface area contributed by atoms with E-state index >= 15 is 0 Å². The molecule has 1 heterocycles. The minimum absolute atomic E-state index is 0.0591. The maximum Gasteiger partial charge on any atom is 0.418 e. The molecule has 0 bridgehead atoms. The Labute approximate surface area is 196 Å². The van der Waals surface area contributed by atoms with Crippen molar-refractivity contribution in [1.29, 1.82) is 0 Å². The molecule has 0 unspecified atom stereocenters. The quantitative estimate of drug-likeness (QED) is 0.489. The van der Waals surface area contributed by atoms with Gasteiger partial charge in [0.05, 0.1) is 17.8 Å². The number of hydrogen-bond acceptors (Lipinski definition) is 2. The minimum Gasteiger partial charge on any atom is -0.366 e. The highest BCUT2D eigenvalue weighted by Gasteiger charge is 2.52. The van der Waals surface area contributed by atoms with Crippen molar-refractivity contribution in [3.63, 3.8) is 0 Å². The van der Waals surface area contributed by atoms with Crippen LogP contribution in [0.1, 0.15) is 48.6 Å². The summed E-state index contributed by atoms with van der Waals surface area (Å²) in [5, 5.41) is 11.4. The summed E-state index contributed by atoms with van der Waals surface area (Å²) in [5.41, 5.74) is -1.70. The molecule has 0 saturated carbocycles. The summed E-state index contributed by atoms with van der Waals surface area (Å²) < 4.78 is 41.6. The Morgan fingerprint density at radius 1 is 0.912 bits per heavy atom. The van der Waals surface area contributed by atoms with E-state index in [-0.39, 0.29) is 23.2 Å². The minimum atomic E-state index is -4.71. The van der Waals surface area contributed by atoms with Gasteiger partial charge < -0.3 is 10.0 Å². The SMILES string of the molecule is CC(C)(C)c1ccc(C#C[C@@]2(O)C(=O)N(Cc3ccccc3)c3c(C(F)(F)F)cccc32)cc1. The number of fused-ring (bicyclic) bond motifs is 1. The number of nitrogens with zero attached hydrogens (tertiary/aromatic N) is 1. The van der Waals surface area contributed by atoms with Crippen LogP contribution in [0.15, 0.2) is 72.8 Å². The number of para-hydroxylation sites is 1. The maximum atomic E-state index is 13.9. The lowest BCUT2D eigenvalue weighted by Gasteiger charge is -2.21. The van der Waals surface area contributed by atoms with Gasteiger partial charge in [-0.1, -0.05) is 81.3 Å². The molecule has 0 fully saturated rings. The van der Waals surface area contributed by atoms with Crippen LogP contribution in [0, 0.1) is 11.8 Å². The third-order valence-electron chi connectivity index (χ3n) is 5.88. The lowest BCUT2D eigenvalue weighted by atomic mass is 9.86. The number of halogens is 3. The molecule has 1 atom stereocenters. The highest BCUT2D eigenvalue weighted by molar-refractivity contribution is 6.09. The maximum absolute atomic E-state index is 13.9. The van der Waals surface area contributed by atoms with Crippen LogP contribution in [0.4, 0.5) is 18.9 Å². The number of carbonyl (C=O) groups is 1. The molecule has 1 N–H and O–H groups in total. The molecule has 3 nitrogen and oxygen atoms in total. The molecule has 0 aromatic heterocycles. The van der Waals surface area contributed by atoms with Crippen LogP contribution in [-0.4, -0.2) is 11.0 Å². The molecular weight excluding hydrogens is 439 g/mol. The zero-order valence-corrected chi connectivity index (χ0v) is 19.1. The predicted molar refractivity (Wildman–Crippen MR) is 125 cm³/mol. The number of rotatable bonds is 2. The fourth-order valence-electron chi connectivity index (χ4n) is 4.02. The van der Waals surface area contributed by atoms with E-state index in [0.717, 1.165) is 16.5 Å². The van der Waals surface area contributed by atoms with Crippen LogP contribution in [0.3, 0.4) is 0 Å². The normalized spacial score (nSPS) is 17.9. The van der Waals surface area contributed by atoms with Crippen molar-refractivity contribution in [2.75, 3.05) is 4.90 Å². The van der Waals surface area contributed by atoms with Crippen molar-refractivity contribution >= 4 is 11.6 Å². The van der Waals surface area contributed by atoms with E-state index in [1.165, 1.54) is 12.1 Å². The Morgan fingerprint density at radius 3 is 2.15 bits per heavy atom. The monoisotopic (exact) mass is 463 g/mol. The summed E-state index contributed by atoms with van der Waals surface area (Å²) in [7, 11) is 0. The van der Waals surface area contributed by atoms with Gasteiger partial charge >= 0.3 is 6.18 Å². The highest BCUT2D eigenvalue weighted by Crippen LogP contribution is 2.47. The molecule has 1 aliphatic heterocycles. The summed E-state index contributed by atoms with van der Waals surface area (Å²) >= 11 is 0. The van der Waals surface area contributed by atoms with Crippen LogP contribution >= 0.6 is 0 Å². The molecule has 1 amide bonds. The van der Waals surface area contributed by atoms with Crippen LogP contribution in [0.5, 0.6) is 0 Å². The van der Waals surface area contributed by atoms with Gasteiger partial charge in [0.2, 0.25) is 5.60 Å². The molecule has 0 saturated heterocycles. The van der Waals surface area contributed by atoms with Crippen molar-refractivity contribution in [2.45, 2.75) is 44.5 Å². The molecule has 0 spiro atoms. The number of amides is 1. The van der Waals surface area contributed by atoms with Gasteiger partial charge in [0.1, 0.15) is 0 Å². The summed E-state index contributed by atoms with van der Waals surface area (Å²) in [6, 6.07) is 19.4. The fourth-order valence-corrected chi connectivity index (χ4v) is 4.02. The molecule has 3 aromatic carbocycles. The molecular formula is C28H24F3NO2. The highest BCUT2D eigenvalue weighted by atomic mass is 19.4. The second kappa shape index (κ2) is 8.34. The van der Waals surface area contributed by atoms with E-state index < -0.39 is 23.2 Å². The average Bonchev–Trinajstić information content (AvgIpc) is 3.00. The van der Waals surface area contributed by atoms with Crippen molar-refractivity contribution in [3.8, 4) is 11.8 Å². The van der Waals surface area contributed by atoms with E-state index in [1.54, 1.807) is 42.5 Å². The first-order valence-corrected chi connectivity index (χ1v) is 10.8. The topological polar surface area (TPSA) is 40.5 Å². The Balaban J connectivity index is 1.80. The summed E-state index contributed by atoms with van der Waals surface area (Å²) in [6.07, 6.45) is -4.71. The van der Waals surface area contributed by atoms with Crippen molar-refractivity contribution in [1.82, 2.24) is 0 Å². The summed E-state index contributed by atoms with van der Waals surface area (Å²) in [5.74, 6) is 4.47. The Kier molecular flexibility index (Phi) is 5.79. The fraction of sp³-hybridized carbons (Fsp3) is 0.250. The Hall–Kier alpha value is -3.56. The first-order chi connectivity index (χ1) is 15.9. The van der Waals surface area contributed by atoms with E-state index in [4.69, 9.17) is 0 Å². The van der Waals surface area contributed by atoms with Crippen molar-refractivity contribution in [3.05, 3.63) is 101 Å². The Bertz CT molecular complexity index is 1280. The van der Waals surface area contributed by atoms with Gasteiger partial charge in [-0.05, 0) is 40.7 Å². The number of hydrogen-bond donors (Lipinski definition) is 1. The van der Waals surface area contributed by atoms with E-state index in [2.05, 4.69) is 32.6 Å². The molecule has 34 heavy (non-hydrogen) atoms. The van der Waals surface area contributed by atoms with Gasteiger partial charge in [-0.15, -0.1) is 0 Å². The van der Waals surface area contributed by atoms with Gasteiger partial charge in [-0.3, -0.25) is 4.79 Å². The molecule has 1 aliphatic rings. The largest absolute Gasteiger partial charge is 0.418 e. The number of alkyl halides is 3. The first-order valence-electron chi connectivity index (χ1n) is 10.8. The predicted octanol–water partition coefficient (Wildman–Crippen LogP) is 5.79. The zero-order chi connectivity index (χ0) is 24.7. The molecule has 6 heteroatoms. The lowest BCUT2D eigenvalue weighted by Crippen LogP contribution is -2.39. The van der Waals surface area contributed by atoms with Crippen LogP contribution in [-0.2, 0) is 28.5 Å².